The standard InChI is InChI=1S/C56H36N6/c1-3-17-37(18-4-1)47-34-39(31-32-53(47)62-51-29-15-10-24-45(51)46-25-11-16-30-52(46)62)55-58-54(38-19-5-2-6-20-38)59-56(60-55)41-33-40(35-57-36-41)42-21-7-12-26-48(42)61-49-27-13-8-22-43(49)44-23-9-14-28-50(44)61/h1-36H. The van der Waals surface area contributed by atoms with Crippen LogP contribution in [0, 0.1) is 0 Å². The fraction of sp³-hybridized carbons (Fsp3) is 0. The molecule has 0 atom stereocenters. The zero-order chi connectivity index (χ0) is 41.0. The highest BCUT2D eigenvalue weighted by atomic mass is 15.0. The molecule has 0 saturated heterocycles. The number of fused-ring (bicyclic) bond motifs is 6. The molecule has 0 bridgehead atoms. The van der Waals surface area contributed by atoms with Gasteiger partial charge >= 0.3 is 0 Å². The monoisotopic (exact) mass is 792 g/mol. The molecule has 4 heterocycles. The van der Waals surface area contributed by atoms with Crippen molar-refractivity contribution in [1.82, 2.24) is 29.1 Å². The molecule has 290 valence electrons. The fourth-order valence-corrected chi connectivity index (χ4v) is 9.06. The molecule has 12 rings (SSSR count). The largest absolute Gasteiger partial charge is 0.309 e. The first kappa shape index (κ1) is 35.5. The molecule has 0 N–H and O–H groups in total. The number of rotatable bonds is 7. The molecule has 0 aliphatic heterocycles. The van der Waals surface area contributed by atoms with Gasteiger partial charge in [-0.1, -0.05) is 152 Å². The molecule has 6 nitrogen and oxygen atoms in total. The van der Waals surface area contributed by atoms with Crippen molar-refractivity contribution >= 4 is 43.6 Å². The molecular weight excluding hydrogens is 757 g/mol. The summed E-state index contributed by atoms with van der Waals surface area (Å²) in [6.07, 6.45) is 3.77. The lowest BCUT2D eigenvalue weighted by molar-refractivity contribution is 1.07. The van der Waals surface area contributed by atoms with E-state index >= 15 is 0 Å². The average molecular weight is 793 g/mol. The highest BCUT2D eigenvalue weighted by Crippen LogP contribution is 2.40. The molecular formula is C56H36N6. The van der Waals surface area contributed by atoms with E-state index in [2.05, 4.69) is 185 Å². The van der Waals surface area contributed by atoms with E-state index < -0.39 is 0 Å². The van der Waals surface area contributed by atoms with Gasteiger partial charge in [0, 0.05) is 67.3 Å². The second-order valence-electron chi connectivity index (χ2n) is 15.5. The van der Waals surface area contributed by atoms with E-state index in [1.54, 1.807) is 0 Å². The van der Waals surface area contributed by atoms with E-state index in [-0.39, 0.29) is 0 Å². The maximum Gasteiger partial charge on any atom is 0.165 e. The Balaban J connectivity index is 1.03. The lowest BCUT2D eigenvalue weighted by Crippen LogP contribution is -2.02. The number of para-hydroxylation sites is 5. The van der Waals surface area contributed by atoms with E-state index in [4.69, 9.17) is 19.9 Å². The first-order chi connectivity index (χ1) is 30.8. The molecule has 12 aromatic rings. The Hall–Kier alpha value is -8.48. The molecule has 0 spiro atoms. The Morgan fingerprint density at radius 2 is 0.694 bits per heavy atom. The molecule has 6 heteroatoms. The van der Waals surface area contributed by atoms with Crippen LogP contribution in [0.25, 0.3) is 111 Å². The van der Waals surface area contributed by atoms with Crippen molar-refractivity contribution in [3.05, 3.63) is 219 Å². The smallest absolute Gasteiger partial charge is 0.165 e. The summed E-state index contributed by atoms with van der Waals surface area (Å²) in [7, 11) is 0. The number of benzene rings is 8. The van der Waals surface area contributed by atoms with Crippen molar-refractivity contribution in [1.29, 1.82) is 0 Å². The van der Waals surface area contributed by atoms with Crippen LogP contribution in [0.15, 0.2) is 219 Å². The summed E-state index contributed by atoms with van der Waals surface area (Å²) >= 11 is 0. The number of pyridine rings is 1. The zero-order valence-corrected chi connectivity index (χ0v) is 33.5. The molecule has 0 saturated carbocycles. The molecule has 0 unspecified atom stereocenters. The minimum absolute atomic E-state index is 0.547. The van der Waals surface area contributed by atoms with E-state index in [1.165, 1.54) is 21.5 Å². The predicted molar refractivity (Wildman–Crippen MR) is 253 cm³/mol. The van der Waals surface area contributed by atoms with Crippen molar-refractivity contribution in [2.45, 2.75) is 0 Å². The average Bonchev–Trinajstić information content (AvgIpc) is 3.87. The van der Waals surface area contributed by atoms with Gasteiger partial charge in [0.2, 0.25) is 0 Å². The summed E-state index contributed by atoms with van der Waals surface area (Å²) in [5, 5.41) is 4.87. The lowest BCUT2D eigenvalue weighted by atomic mass is 10.00. The molecule has 62 heavy (non-hydrogen) atoms. The van der Waals surface area contributed by atoms with Gasteiger partial charge in [-0.2, -0.15) is 0 Å². The summed E-state index contributed by atoms with van der Waals surface area (Å²) < 4.78 is 4.73. The summed E-state index contributed by atoms with van der Waals surface area (Å²) in [6, 6.07) is 72.4. The highest BCUT2D eigenvalue weighted by molar-refractivity contribution is 6.11. The summed E-state index contributed by atoms with van der Waals surface area (Å²) in [4.78, 5) is 20.3. The number of hydrogen-bond donors (Lipinski definition) is 0. The first-order valence-electron chi connectivity index (χ1n) is 20.8. The van der Waals surface area contributed by atoms with Gasteiger partial charge in [-0.3, -0.25) is 4.98 Å². The van der Waals surface area contributed by atoms with Crippen LogP contribution in [0.2, 0.25) is 0 Å². The summed E-state index contributed by atoms with van der Waals surface area (Å²) in [5.41, 5.74) is 13.5. The van der Waals surface area contributed by atoms with E-state index in [0.29, 0.717) is 17.5 Å². The Morgan fingerprint density at radius 3 is 1.26 bits per heavy atom. The van der Waals surface area contributed by atoms with Gasteiger partial charge in [0.25, 0.3) is 0 Å². The van der Waals surface area contributed by atoms with Gasteiger partial charge in [-0.25, -0.2) is 15.0 Å². The van der Waals surface area contributed by atoms with Gasteiger partial charge in [-0.05, 0) is 60.2 Å². The topological polar surface area (TPSA) is 61.4 Å². The molecule has 0 aliphatic carbocycles. The van der Waals surface area contributed by atoms with Crippen LogP contribution >= 0.6 is 0 Å². The van der Waals surface area contributed by atoms with Crippen molar-refractivity contribution in [2.24, 2.45) is 0 Å². The SMILES string of the molecule is c1ccc(-c2nc(-c3cncc(-c4ccccc4-n4c5ccccc5c5ccccc54)c3)nc(-c3ccc(-n4c5ccccc5c5ccccc54)c(-c4ccccc4)c3)n2)cc1. The Kier molecular flexibility index (Phi) is 8.38. The molecule has 8 aromatic carbocycles. The number of aromatic nitrogens is 6. The van der Waals surface area contributed by atoms with Gasteiger partial charge in [0.1, 0.15) is 0 Å². The number of hydrogen-bond acceptors (Lipinski definition) is 4. The zero-order valence-electron chi connectivity index (χ0n) is 33.5. The second kappa shape index (κ2) is 14.7. The van der Waals surface area contributed by atoms with Crippen molar-refractivity contribution in [2.75, 3.05) is 0 Å². The maximum atomic E-state index is 5.24. The fourth-order valence-electron chi connectivity index (χ4n) is 9.06. The Labute approximate surface area is 357 Å². The van der Waals surface area contributed by atoms with Gasteiger partial charge in [-0.15, -0.1) is 0 Å². The number of nitrogens with zero attached hydrogens (tertiary/aromatic N) is 6. The van der Waals surface area contributed by atoms with E-state index in [1.807, 2.05) is 42.7 Å². The third kappa shape index (κ3) is 5.88. The predicted octanol–water partition coefficient (Wildman–Crippen LogP) is 13.8. The molecule has 0 amide bonds. The Bertz CT molecular complexity index is 3540. The van der Waals surface area contributed by atoms with Crippen LogP contribution in [-0.2, 0) is 0 Å². The minimum Gasteiger partial charge on any atom is -0.309 e. The van der Waals surface area contributed by atoms with E-state index in [0.717, 1.165) is 72.4 Å². The normalized spacial score (nSPS) is 11.5. The van der Waals surface area contributed by atoms with Crippen LogP contribution in [0.4, 0.5) is 0 Å². The van der Waals surface area contributed by atoms with Crippen molar-refractivity contribution < 1.29 is 0 Å². The first-order valence-corrected chi connectivity index (χ1v) is 20.8. The van der Waals surface area contributed by atoms with Crippen LogP contribution in [0.3, 0.4) is 0 Å². The third-order valence-corrected chi connectivity index (χ3v) is 11.9. The maximum absolute atomic E-state index is 5.24. The second-order valence-corrected chi connectivity index (χ2v) is 15.5. The molecule has 0 fully saturated rings. The Morgan fingerprint density at radius 1 is 0.274 bits per heavy atom. The van der Waals surface area contributed by atoms with Crippen molar-refractivity contribution in [3.63, 3.8) is 0 Å². The molecule has 0 radical (unpaired) electrons. The van der Waals surface area contributed by atoms with Crippen molar-refractivity contribution in [3.8, 4) is 67.8 Å². The van der Waals surface area contributed by atoms with Crippen LogP contribution < -0.4 is 0 Å². The van der Waals surface area contributed by atoms with Gasteiger partial charge in [0.05, 0.1) is 33.4 Å². The van der Waals surface area contributed by atoms with Gasteiger partial charge < -0.3 is 9.13 Å². The van der Waals surface area contributed by atoms with Crippen LogP contribution in [0.1, 0.15) is 0 Å². The quantitative estimate of drug-likeness (QED) is 0.161. The van der Waals surface area contributed by atoms with E-state index in [9.17, 15) is 0 Å². The lowest BCUT2D eigenvalue weighted by Gasteiger charge is -2.16. The summed E-state index contributed by atoms with van der Waals surface area (Å²) in [6.45, 7) is 0. The third-order valence-electron chi connectivity index (χ3n) is 11.9. The van der Waals surface area contributed by atoms with Crippen LogP contribution in [0.5, 0.6) is 0 Å². The minimum atomic E-state index is 0.547. The highest BCUT2D eigenvalue weighted by Gasteiger charge is 2.20. The summed E-state index contributed by atoms with van der Waals surface area (Å²) in [5.74, 6) is 1.72. The van der Waals surface area contributed by atoms with Crippen LogP contribution in [-0.4, -0.2) is 29.1 Å². The molecule has 0 aliphatic rings. The molecule has 4 aromatic heterocycles. The van der Waals surface area contributed by atoms with Gasteiger partial charge in [0.15, 0.2) is 17.5 Å².